The first kappa shape index (κ1) is 21.3. The zero-order chi connectivity index (χ0) is 22.8. The third kappa shape index (κ3) is 3.87. The molecule has 0 spiro atoms. The Labute approximate surface area is 185 Å². The predicted octanol–water partition coefficient (Wildman–Crippen LogP) is 3.88. The number of aryl methyl sites for hydroxylation is 1. The maximum Gasteiger partial charge on any atom is 0.342 e. The number of carbonyl (C=O) groups excluding carboxylic acids is 2. The molecule has 0 aliphatic carbocycles. The number of ether oxygens (including phenoxy) is 5. The number of carbonyl (C=O) groups is 2. The van der Waals surface area contributed by atoms with Gasteiger partial charge in [0, 0.05) is 34.8 Å². The summed E-state index contributed by atoms with van der Waals surface area (Å²) in [5.74, 6) is 1.25. The summed E-state index contributed by atoms with van der Waals surface area (Å²) in [4.78, 5) is 25.4. The number of fused-ring (bicyclic) bond motifs is 1. The van der Waals surface area contributed by atoms with E-state index >= 15 is 0 Å². The third-order valence-corrected chi connectivity index (χ3v) is 5.31. The summed E-state index contributed by atoms with van der Waals surface area (Å²) in [6, 6.07) is 12.1. The van der Waals surface area contributed by atoms with Crippen LogP contribution in [0.1, 0.15) is 32.1 Å². The summed E-state index contributed by atoms with van der Waals surface area (Å²) in [5, 5.41) is 0. The van der Waals surface area contributed by atoms with Crippen molar-refractivity contribution in [2.24, 2.45) is 0 Å². The molecule has 8 heteroatoms. The summed E-state index contributed by atoms with van der Waals surface area (Å²) in [6.07, 6.45) is 0. The van der Waals surface area contributed by atoms with E-state index in [1.807, 2.05) is 36.6 Å². The number of rotatable bonds is 7. The van der Waals surface area contributed by atoms with Gasteiger partial charge in [0.15, 0.2) is 18.1 Å². The zero-order valence-corrected chi connectivity index (χ0v) is 18.3. The Kier molecular flexibility index (Phi) is 5.77. The zero-order valence-electron chi connectivity index (χ0n) is 18.3. The molecule has 0 saturated heterocycles. The van der Waals surface area contributed by atoms with Crippen LogP contribution < -0.4 is 18.9 Å². The molecule has 0 fully saturated rings. The molecule has 4 rings (SSSR count). The molecule has 0 unspecified atom stereocenters. The van der Waals surface area contributed by atoms with Gasteiger partial charge in [0.1, 0.15) is 17.1 Å². The number of ketones is 1. The van der Waals surface area contributed by atoms with E-state index in [0.717, 1.165) is 17.1 Å². The van der Waals surface area contributed by atoms with Gasteiger partial charge in [0.05, 0.1) is 14.2 Å². The molecule has 1 aromatic heterocycles. The molecular weight excluding hydrogens is 414 g/mol. The molecule has 0 saturated carbocycles. The Morgan fingerprint density at radius 1 is 0.938 bits per heavy atom. The first-order valence-electron chi connectivity index (χ1n) is 9.94. The van der Waals surface area contributed by atoms with E-state index in [0.29, 0.717) is 28.6 Å². The van der Waals surface area contributed by atoms with Gasteiger partial charge < -0.3 is 28.3 Å². The number of esters is 1. The second-order valence-electron chi connectivity index (χ2n) is 7.22. The maximum atomic E-state index is 12.9. The fourth-order valence-corrected chi connectivity index (χ4v) is 3.72. The number of aromatic nitrogens is 1. The van der Waals surface area contributed by atoms with Gasteiger partial charge in [-0.25, -0.2) is 4.79 Å². The van der Waals surface area contributed by atoms with Crippen molar-refractivity contribution < 1.29 is 33.3 Å². The Morgan fingerprint density at radius 2 is 1.72 bits per heavy atom. The Morgan fingerprint density at radius 3 is 2.47 bits per heavy atom. The van der Waals surface area contributed by atoms with Crippen LogP contribution in [0.5, 0.6) is 23.0 Å². The first-order chi connectivity index (χ1) is 15.4. The van der Waals surface area contributed by atoms with E-state index in [9.17, 15) is 9.59 Å². The largest absolute Gasteiger partial charge is 0.497 e. The topological polar surface area (TPSA) is 85.2 Å². The van der Waals surface area contributed by atoms with Crippen molar-refractivity contribution >= 4 is 11.8 Å². The lowest BCUT2D eigenvalue weighted by atomic mass is 10.1. The van der Waals surface area contributed by atoms with Gasteiger partial charge in [-0.2, -0.15) is 0 Å². The molecule has 8 nitrogen and oxygen atoms in total. The summed E-state index contributed by atoms with van der Waals surface area (Å²) >= 11 is 0. The number of benzene rings is 2. The van der Waals surface area contributed by atoms with Crippen LogP contribution in [0.25, 0.3) is 5.69 Å². The number of hydrogen-bond acceptors (Lipinski definition) is 7. The van der Waals surface area contributed by atoms with Crippen molar-refractivity contribution in [1.29, 1.82) is 0 Å². The van der Waals surface area contributed by atoms with Gasteiger partial charge in [0.25, 0.3) is 0 Å². The molecule has 166 valence electrons. The van der Waals surface area contributed by atoms with Crippen molar-refractivity contribution in [3.8, 4) is 28.7 Å². The lowest BCUT2D eigenvalue weighted by molar-refractivity contribution is 0.0471. The monoisotopic (exact) mass is 437 g/mol. The van der Waals surface area contributed by atoms with Crippen molar-refractivity contribution in [3.63, 3.8) is 0 Å². The second-order valence-corrected chi connectivity index (χ2v) is 7.22. The molecular formula is C24H23NO7. The number of hydrogen-bond donors (Lipinski definition) is 0. The fraction of sp³-hybridized carbons (Fsp3) is 0.250. The predicted molar refractivity (Wildman–Crippen MR) is 116 cm³/mol. The minimum absolute atomic E-state index is 0.191. The van der Waals surface area contributed by atoms with Gasteiger partial charge in [-0.15, -0.1) is 0 Å². The van der Waals surface area contributed by atoms with Gasteiger partial charge in [-0.05, 0) is 44.2 Å². The number of nitrogens with zero attached hydrogens (tertiary/aromatic N) is 1. The quantitative estimate of drug-likeness (QED) is 0.410. The van der Waals surface area contributed by atoms with Crippen LogP contribution in [0, 0.1) is 13.8 Å². The van der Waals surface area contributed by atoms with Gasteiger partial charge in [-0.3, -0.25) is 4.79 Å². The van der Waals surface area contributed by atoms with Crippen LogP contribution in [0.3, 0.4) is 0 Å². The summed E-state index contributed by atoms with van der Waals surface area (Å²) in [6.45, 7) is 3.55. The Balaban J connectivity index is 1.51. The fourth-order valence-electron chi connectivity index (χ4n) is 3.72. The molecule has 1 aliphatic rings. The molecule has 2 heterocycles. The molecule has 2 aromatic carbocycles. The highest BCUT2D eigenvalue weighted by molar-refractivity contribution is 6.01. The molecule has 0 atom stereocenters. The van der Waals surface area contributed by atoms with E-state index < -0.39 is 5.97 Å². The average molecular weight is 437 g/mol. The van der Waals surface area contributed by atoms with Crippen LogP contribution in [0.2, 0.25) is 0 Å². The minimum Gasteiger partial charge on any atom is -0.497 e. The van der Waals surface area contributed by atoms with Gasteiger partial charge >= 0.3 is 5.97 Å². The average Bonchev–Trinajstić information content (AvgIpc) is 3.39. The first-order valence-corrected chi connectivity index (χ1v) is 9.94. The van der Waals surface area contributed by atoms with Crippen molar-refractivity contribution in [3.05, 3.63) is 65.0 Å². The number of Topliss-reactive ketones (excluding diaryl/α,β-unsaturated/α-hetero) is 1. The third-order valence-electron chi connectivity index (χ3n) is 5.31. The number of methoxy groups -OCH3 is 2. The summed E-state index contributed by atoms with van der Waals surface area (Å²) in [5.41, 5.74) is 3.15. The lowest BCUT2D eigenvalue weighted by Crippen LogP contribution is -2.15. The van der Waals surface area contributed by atoms with Crippen LogP contribution in [0.15, 0.2) is 42.5 Å². The van der Waals surface area contributed by atoms with Crippen LogP contribution in [-0.4, -0.2) is 43.9 Å². The summed E-state index contributed by atoms with van der Waals surface area (Å²) in [7, 11) is 2.97. The maximum absolute atomic E-state index is 12.9. The lowest BCUT2D eigenvalue weighted by Gasteiger charge is -2.11. The van der Waals surface area contributed by atoms with E-state index in [1.54, 1.807) is 18.2 Å². The van der Waals surface area contributed by atoms with E-state index in [-0.39, 0.29) is 24.7 Å². The molecule has 3 aromatic rings. The van der Waals surface area contributed by atoms with Gasteiger partial charge in [0.2, 0.25) is 12.6 Å². The van der Waals surface area contributed by atoms with Crippen molar-refractivity contribution in [1.82, 2.24) is 4.57 Å². The standard InChI is InChI=1S/C24H23NO7/c1-14-9-19(15(2)25(14)16-5-8-21-23(10-16)32-13-31-21)20(26)12-30-24(27)18-7-6-17(28-3)11-22(18)29-4/h5-11H,12-13H2,1-4H3. The smallest absolute Gasteiger partial charge is 0.342 e. The van der Waals surface area contributed by atoms with Crippen LogP contribution in [0.4, 0.5) is 0 Å². The highest BCUT2D eigenvalue weighted by Gasteiger charge is 2.22. The molecule has 32 heavy (non-hydrogen) atoms. The minimum atomic E-state index is -0.651. The molecule has 1 aliphatic heterocycles. The molecule has 0 bridgehead atoms. The van der Waals surface area contributed by atoms with Gasteiger partial charge in [-0.1, -0.05) is 0 Å². The van der Waals surface area contributed by atoms with Crippen molar-refractivity contribution in [2.75, 3.05) is 27.6 Å². The highest BCUT2D eigenvalue weighted by atomic mass is 16.7. The van der Waals surface area contributed by atoms with E-state index in [2.05, 4.69) is 0 Å². The Bertz CT molecular complexity index is 1200. The normalized spacial score (nSPS) is 11.9. The second kappa shape index (κ2) is 8.66. The van der Waals surface area contributed by atoms with E-state index in [1.165, 1.54) is 20.3 Å². The Hall–Kier alpha value is -3.94. The van der Waals surface area contributed by atoms with Crippen LogP contribution in [-0.2, 0) is 4.74 Å². The molecule has 0 radical (unpaired) electrons. The molecule has 0 amide bonds. The highest BCUT2D eigenvalue weighted by Crippen LogP contribution is 2.35. The molecule has 0 N–H and O–H groups in total. The summed E-state index contributed by atoms with van der Waals surface area (Å²) < 4.78 is 28.4. The van der Waals surface area contributed by atoms with Crippen LogP contribution >= 0.6 is 0 Å². The van der Waals surface area contributed by atoms with Crippen molar-refractivity contribution in [2.45, 2.75) is 13.8 Å². The SMILES string of the molecule is COc1ccc(C(=O)OCC(=O)c2cc(C)n(-c3ccc4c(c3)OCO4)c2C)c(OC)c1. The van der Waals surface area contributed by atoms with E-state index in [4.69, 9.17) is 23.7 Å².